The summed E-state index contributed by atoms with van der Waals surface area (Å²) >= 11 is 0. The zero-order valence-corrected chi connectivity index (χ0v) is 22.1. The second-order valence-electron chi connectivity index (χ2n) is 9.51. The van der Waals surface area contributed by atoms with Gasteiger partial charge in [0.2, 0.25) is 0 Å². The third kappa shape index (κ3) is 13.9. The van der Waals surface area contributed by atoms with Crippen molar-refractivity contribution in [1.82, 2.24) is 0 Å². The van der Waals surface area contributed by atoms with Gasteiger partial charge >= 0.3 is 5.97 Å². The Morgan fingerprint density at radius 2 is 1.38 bits per heavy atom. The molecule has 0 aliphatic carbocycles. The van der Waals surface area contributed by atoms with Crippen molar-refractivity contribution in [3.63, 3.8) is 0 Å². The van der Waals surface area contributed by atoms with Gasteiger partial charge < -0.3 is 33.2 Å². The van der Waals surface area contributed by atoms with Gasteiger partial charge in [0.1, 0.15) is 6.10 Å². The monoisotopic (exact) mass is 545 g/mol. The zero-order chi connectivity index (χ0) is 21.0. The van der Waals surface area contributed by atoms with Gasteiger partial charge in [0.15, 0.2) is 9.84 Å². The average Bonchev–Trinajstić information content (AvgIpc) is 2.58. The Hall–Kier alpha value is 0.110. The molecule has 5 nitrogen and oxygen atoms in total. The number of esters is 1. The van der Waals surface area contributed by atoms with Crippen LogP contribution in [0.3, 0.4) is 0 Å². The van der Waals surface area contributed by atoms with Gasteiger partial charge in [-0.05, 0) is 19.3 Å². The van der Waals surface area contributed by atoms with Crippen LogP contribution in [0.25, 0.3) is 0 Å². The minimum atomic E-state index is -3.00. The number of nitrogens with zero attached hydrogens (tertiary/aromatic N) is 1. The average molecular weight is 546 g/mol. The number of quaternary nitrogens is 1. The van der Waals surface area contributed by atoms with Gasteiger partial charge in [0.25, 0.3) is 0 Å². The summed E-state index contributed by atoms with van der Waals surface area (Å²) in [5.74, 6) is 0.386. The maximum Gasteiger partial charge on any atom is 0.313 e. The fraction of sp³-hybridized carbons (Fsp3) is 0.955. The Morgan fingerprint density at radius 1 is 0.828 bits per heavy atom. The molecule has 174 valence electrons. The smallest absolute Gasteiger partial charge is 0.313 e. The van der Waals surface area contributed by atoms with E-state index in [4.69, 9.17) is 4.74 Å². The predicted octanol–water partition coefficient (Wildman–Crippen LogP) is 1.35. The molecule has 0 N–H and O–H groups in total. The van der Waals surface area contributed by atoms with E-state index in [1.165, 1.54) is 44.9 Å². The maximum atomic E-state index is 12.2. The van der Waals surface area contributed by atoms with Crippen molar-refractivity contribution in [2.45, 2.75) is 90.1 Å². The van der Waals surface area contributed by atoms with Crippen molar-refractivity contribution in [3.05, 3.63) is 0 Å². The molecule has 0 saturated carbocycles. The fourth-order valence-corrected chi connectivity index (χ4v) is 5.21. The fourth-order valence-electron chi connectivity index (χ4n) is 3.83. The van der Waals surface area contributed by atoms with Gasteiger partial charge in [0.05, 0.1) is 45.1 Å². The van der Waals surface area contributed by atoms with E-state index in [1.807, 2.05) is 0 Å². The number of sulfone groups is 1. The number of carbonyl (C=O) groups is 1. The third-order valence-corrected chi connectivity index (χ3v) is 7.44. The van der Waals surface area contributed by atoms with Crippen LogP contribution in [0.4, 0.5) is 0 Å². The summed E-state index contributed by atoms with van der Waals surface area (Å²) in [6, 6.07) is 0. The molecule has 29 heavy (non-hydrogen) atoms. The van der Waals surface area contributed by atoms with Crippen LogP contribution in [-0.2, 0) is 19.4 Å². The molecule has 0 radical (unpaired) electrons. The van der Waals surface area contributed by atoms with E-state index >= 15 is 0 Å². The molecular weight excluding hydrogens is 501 g/mol. The largest absolute Gasteiger partial charge is 1.00 e. The Morgan fingerprint density at radius 3 is 1.93 bits per heavy atom. The molecule has 1 rings (SSSR count). The third-order valence-electron chi connectivity index (χ3n) is 5.62. The van der Waals surface area contributed by atoms with E-state index in [0.29, 0.717) is 19.3 Å². The SMILES string of the molecule is CCCCCCCCCC[C@@H]1C(=O)O[C@H]1CCCS(=O)(=O)CCC[N+](C)(C)C.[I-]. The molecule has 1 aliphatic rings. The lowest BCUT2D eigenvalue weighted by Gasteiger charge is -2.35. The highest BCUT2D eigenvalue weighted by Gasteiger charge is 2.41. The van der Waals surface area contributed by atoms with E-state index in [0.717, 1.165) is 23.9 Å². The van der Waals surface area contributed by atoms with Crippen LogP contribution < -0.4 is 24.0 Å². The maximum absolute atomic E-state index is 12.2. The van der Waals surface area contributed by atoms with E-state index in [2.05, 4.69) is 28.1 Å². The molecule has 2 atom stereocenters. The lowest BCUT2D eigenvalue weighted by atomic mass is 9.88. The number of hydrogen-bond acceptors (Lipinski definition) is 4. The van der Waals surface area contributed by atoms with E-state index in [1.54, 1.807) is 0 Å². The minimum Gasteiger partial charge on any atom is -1.00 e. The second-order valence-corrected chi connectivity index (χ2v) is 11.8. The Kier molecular flexibility index (Phi) is 15.1. The van der Waals surface area contributed by atoms with E-state index < -0.39 is 9.84 Å². The van der Waals surface area contributed by atoms with Crippen molar-refractivity contribution in [2.24, 2.45) is 5.92 Å². The van der Waals surface area contributed by atoms with Crippen LogP contribution in [0.15, 0.2) is 0 Å². The summed E-state index contributed by atoms with van der Waals surface area (Å²) in [6.45, 7) is 3.09. The highest BCUT2D eigenvalue weighted by atomic mass is 127. The molecule has 0 aromatic rings. The van der Waals surface area contributed by atoms with Crippen LogP contribution in [0.2, 0.25) is 0 Å². The second kappa shape index (κ2) is 15.0. The van der Waals surface area contributed by atoms with Crippen molar-refractivity contribution in [1.29, 1.82) is 0 Å². The highest BCUT2D eigenvalue weighted by Crippen LogP contribution is 2.31. The number of rotatable bonds is 17. The first kappa shape index (κ1) is 29.1. The van der Waals surface area contributed by atoms with Crippen molar-refractivity contribution >= 4 is 15.8 Å². The Balaban J connectivity index is 0.00000784. The molecule has 0 unspecified atom stereocenters. The lowest BCUT2D eigenvalue weighted by Crippen LogP contribution is -3.00. The molecule has 0 aromatic carbocycles. The number of carbonyl (C=O) groups excluding carboxylic acids is 1. The first-order valence-electron chi connectivity index (χ1n) is 11.4. The normalized spacial score (nSPS) is 19.4. The zero-order valence-electron chi connectivity index (χ0n) is 19.1. The summed E-state index contributed by atoms with van der Waals surface area (Å²) in [5, 5.41) is 0. The van der Waals surface area contributed by atoms with Crippen LogP contribution in [-0.4, -0.2) is 64.2 Å². The predicted molar refractivity (Wildman–Crippen MR) is 116 cm³/mol. The minimum absolute atomic E-state index is 0. The summed E-state index contributed by atoms with van der Waals surface area (Å²) < 4.78 is 30.4. The number of halogens is 1. The van der Waals surface area contributed by atoms with Crippen LogP contribution in [0.1, 0.15) is 84.0 Å². The molecule has 1 fully saturated rings. The van der Waals surface area contributed by atoms with E-state index in [9.17, 15) is 13.2 Å². The molecule has 0 bridgehead atoms. The van der Waals surface area contributed by atoms with Crippen LogP contribution in [0, 0.1) is 5.92 Å². The lowest BCUT2D eigenvalue weighted by molar-refractivity contribution is -0.870. The molecule has 0 aromatic heterocycles. The van der Waals surface area contributed by atoms with Gasteiger partial charge in [-0.3, -0.25) is 4.79 Å². The first-order valence-corrected chi connectivity index (χ1v) is 13.2. The Bertz CT molecular complexity index is 546. The van der Waals surface area contributed by atoms with Crippen molar-refractivity contribution in [3.8, 4) is 0 Å². The van der Waals surface area contributed by atoms with Crippen LogP contribution >= 0.6 is 0 Å². The summed E-state index contributed by atoms with van der Waals surface area (Å²) in [7, 11) is 3.22. The number of cyclic esters (lactones) is 1. The van der Waals surface area contributed by atoms with Gasteiger partial charge in [-0.15, -0.1) is 0 Å². The molecular formula is C22H44INO4S. The molecule has 0 spiro atoms. The molecule has 0 amide bonds. The molecule has 1 saturated heterocycles. The van der Waals surface area contributed by atoms with Gasteiger partial charge in [-0.1, -0.05) is 58.3 Å². The Labute approximate surface area is 196 Å². The highest BCUT2D eigenvalue weighted by molar-refractivity contribution is 7.91. The topological polar surface area (TPSA) is 60.4 Å². The van der Waals surface area contributed by atoms with Gasteiger partial charge in [-0.2, -0.15) is 0 Å². The van der Waals surface area contributed by atoms with Crippen LogP contribution in [0.5, 0.6) is 0 Å². The van der Waals surface area contributed by atoms with E-state index in [-0.39, 0.29) is 53.5 Å². The number of ether oxygens (including phenoxy) is 1. The standard InChI is InChI=1S/C22H44NO4S.HI/c1-5-6-7-8-9-10-11-12-15-20-21(27-22(20)24)16-13-18-28(25,26)19-14-17-23(2,3)4;/h20-21H,5-19H2,1-4H3;1H/q+1;/p-1/t20-,21-;/m0./s1. The quantitative estimate of drug-likeness (QED) is 0.120. The van der Waals surface area contributed by atoms with Gasteiger partial charge in [-0.25, -0.2) is 8.42 Å². The summed E-state index contributed by atoms with van der Waals surface area (Å²) in [4.78, 5) is 11.7. The first-order chi connectivity index (χ1) is 13.1. The summed E-state index contributed by atoms with van der Waals surface area (Å²) in [6.07, 6.45) is 12.9. The van der Waals surface area contributed by atoms with Crippen molar-refractivity contribution in [2.75, 3.05) is 39.2 Å². The van der Waals surface area contributed by atoms with Crippen molar-refractivity contribution < 1.29 is 46.4 Å². The number of hydrogen-bond donors (Lipinski definition) is 0. The van der Waals surface area contributed by atoms with Gasteiger partial charge in [0, 0.05) is 6.42 Å². The molecule has 1 aliphatic heterocycles. The molecule has 1 heterocycles. The number of unbranched alkanes of at least 4 members (excludes halogenated alkanes) is 7. The molecule has 7 heteroatoms. The summed E-state index contributed by atoms with van der Waals surface area (Å²) in [5.41, 5.74) is 0.